The number of anilines is 1. The van der Waals surface area contributed by atoms with Gasteiger partial charge in [-0.2, -0.15) is 0 Å². The van der Waals surface area contributed by atoms with Crippen molar-refractivity contribution in [3.05, 3.63) is 28.6 Å². The Morgan fingerprint density at radius 3 is 2.59 bits per heavy atom. The molecule has 2 aliphatic heterocycles. The second-order valence-electron chi connectivity index (χ2n) is 5.51. The fourth-order valence-corrected chi connectivity index (χ4v) is 2.98. The molecule has 22 heavy (non-hydrogen) atoms. The van der Waals surface area contributed by atoms with Gasteiger partial charge in [-0.15, -0.1) is 4.90 Å². The molecule has 3 rings (SSSR count). The summed E-state index contributed by atoms with van der Waals surface area (Å²) in [4.78, 5) is 38.6. The number of rotatable bonds is 1. The van der Waals surface area contributed by atoms with E-state index in [9.17, 15) is 19.6 Å². The average Bonchev–Trinajstić information content (AvgIpc) is 2.62. The van der Waals surface area contributed by atoms with Crippen LogP contribution in [0, 0.1) is 19.1 Å². The van der Waals surface area contributed by atoms with E-state index in [1.807, 2.05) is 0 Å². The summed E-state index contributed by atoms with van der Waals surface area (Å²) in [5, 5.41) is 12.1. The van der Waals surface area contributed by atoms with Gasteiger partial charge in [-0.05, 0) is 25.5 Å². The first-order valence-electron chi connectivity index (χ1n) is 6.77. The van der Waals surface area contributed by atoms with Crippen LogP contribution in [0.2, 0.25) is 0 Å². The molecule has 7 heteroatoms. The first-order chi connectivity index (χ1) is 9.90. The van der Waals surface area contributed by atoms with Crippen molar-refractivity contribution < 1.29 is 19.1 Å². The Morgan fingerprint density at radius 1 is 1.27 bits per heavy atom. The molecule has 0 bridgehead atoms. The number of aryl methyl sites for hydroxylation is 2. The maximum atomic E-state index is 12.4. The molecule has 0 aromatic carbocycles. The Bertz CT molecular complexity index is 648. The number of hydrogen-bond acceptors (Lipinski definition) is 4. The summed E-state index contributed by atoms with van der Waals surface area (Å²) in [5.74, 6) is -0.503. The maximum Gasteiger partial charge on any atom is 0.419 e. The quantitative estimate of drug-likeness (QED) is 0.441. The van der Waals surface area contributed by atoms with Crippen molar-refractivity contribution in [3.8, 4) is 0 Å². The maximum absolute atomic E-state index is 12.4. The van der Waals surface area contributed by atoms with Gasteiger partial charge in [0.2, 0.25) is 0 Å². The number of fused-ring (bicyclic) bond motifs is 1. The van der Waals surface area contributed by atoms with Crippen molar-refractivity contribution in [1.29, 1.82) is 0 Å². The van der Waals surface area contributed by atoms with Gasteiger partial charge in [0.25, 0.3) is 5.82 Å². The van der Waals surface area contributed by atoms with E-state index >= 15 is 0 Å². The Kier molecular flexibility index (Phi) is 3.91. The SMILES string of the molecule is C.Cc1cc(C)c(N2C(=O)C3CC(=O)CCN3C2=O)[n+]([O-])c1. The number of hydrogen-bond donors (Lipinski definition) is 0. The average molecular weight is 305 g/mol. The normalized spacial score (nSPS) is 21.0. The molecule has 1 atom stereocenters. The lowest BCUT2D eigenvalue weighted by molar-refractivity contribution is -0.592. The van der Waals surface area contributed by atoms with Crippen molar-refractivity contribution in [1.82, 2.24) is 4.90 Å². The molecule has 1 unspecified atom stereocenters. The summed E-state index contributed by atoms with van der Waals surface area (Å²) in [6.45, 7) is 3.68. The van der Waals surface area contributed by atoms with Crippen LogP contribution in [0.4, 0.5) is 10.6 Å². The Hall–Kier alpha value is -2.44. The molecule has 1 aromatic rings. The van der Waals surface area contributed by atoms with E-state index in [2.05, 4.69) is 0 Å². The van der Waals surface area contributed by atoms with Gasteiger partial charge in [0.05, 0.1) is 6.20 Å². The van der Waals surface area contributed by atoms with Gasteiger partial charge in [-0.25, -0.2) is 14.3 Å². The van der Waals surface area contributed by atoms with Gasteiger partial charge >= 0.3 is 11.9 Å². The van der Waals surface area contributed by atoms with Gasteiger partial charge in [0, 0.05) is 24.9 Å². The Labute approximate surface area is 128 Å². The largest absolute Gasteiger partial charge is 0.711 e. The van der Waals surface area contributed by atoms with Crippen LogP contribution in [0.25, 0.3) is 0 Å². The minimum absolute atomic E-state index is 0. The predicted octanol–water partition coefficient (Wildman–Crippen LogP) is 1.07. The number of carbonyl (C=O) groups excluding carboxylic acids is 3. The molecular weight excluding hydrogens is 286 g/mol. The number of amides is 3. The summed E-state index contributed by atoms with van der Waals surface area (Å²) in [6.07, 6.45) is 1.61. The molecule has 0 N–H and O–H groups in total. The summed E-state index contributed by atoms with van der Waals surface area (Å²) in [6, 6.07) is 0.459. The van der Waals surface area contributed by atoms with E-state index in [1.54, 1.807) is 19.9 Å². The highest BCUT2D eigenvalue weighted by Crippen LogP contribution is 2.29. The number of piperidine rings is 1. The van der Waals surface area contributed by atoms with Gasteiger partial charge in [-0.1, -0.05) is 7.43 Å². The van der Waals surface area contributed by atoms with Crippen LogP contribution in [0.3, 0.4) is 0 Å². The van der Waals surface area contributed by atoms with E-state index in [4.69, 9.17) is 0 Å². The highest BCUT2D eigenvalue weighted by Gasteiger charge is 2.55. The third kappa shape index (κ3) is 2.22. The molecule has 2 saturated heterocycles. The third-order valence-corrected chi connectivity index (χ3v) is 3.91. The highest BCUT2D eigenvalue weighted by molar-refractivity contribution is 6.22. The summed E-state index contributed by atoms with van der Waals surface area (Å²) >= 11 is 0. The number of nitrogens with zero attached hydrogens (tertiary/aromatic N) is 3. The number of pyridine rings is 1. The Balaban J connectivity index is 0.00000176. The highest BCUT2D eigenvalue weighted by atomic mass is 16.5. The Morgan fingerprint density at radius 2 is 1.95 bits per heavy atom. The van der Waals surface area contributed by atoms with Gasteiger partial charge in [-0.3, -0.25) is 9.69 Å². The fourth-order valence-electron chi connectivity index (χ4n) is 2.98. The molecule has 2 aliphatic rings. The number of imide groups is 1. The number of aromatic nitrogens is 1. The van der Waals surface area contributed by atoms with Crippen LogP contribution >= 0.6 is 0 Å². The smallest absolute Gasteiger partial charge is 0.419 e. The molecule has 3 heterocycles. The van der Waals surface area contributed by atoms with Crippen LogP contribution in [0.5, 0.6) is 0 Å². The second kappa shape index (κ2) is 5.40. The van der Waals surface area contributed by atoms with E-state index in [0.29, 0.717) is 10.3 Å². The monoisotopic (exact) mass is 305 g/mol. The van der Waals surface area contributed by atoms with Crippen LogP contribution in [-0.4, -0.2) is 35.2 Å². The second-order valence-corrected chi connectivity index (χ2v) is 5.51. The van der Waals surface area contributed by atoms with Crippen molar-refractivity contribution in [2.24, 2.45) is 0 Å². The molecular formula is C15H19N3O4. The van der Waals surface area contributed by atoms with Gasteiger partial charge in [0.1, 0.15) is 11.8 Å². The molecule has 0 spiro atoms. The molecule has 1 aromatic heterocycles. The van der Waals surface area contributed by atoms with E-state index in [-0.39, 0.29) is 38.4 Å². The van der Waals surface area contributed by atoms with E-state index < -0.39 is 18.0 Å². The fraction of sp³-hybridized carbons (Fsp3) is 0.467. The van der Waals surface area contributed by atoms with Crippen LogP contribution in [0.1, 0.15) is 31.4 Å². The van der Waals surface area contributed by atoms with Gasteiger partial charge < -0.3 is 5.21 Å². The molecule has 3 amide bonds. The summed E-state index contributed by atoms with van der Waals surface area (Å²) in [7, 11) is 0. The van der Waals surface area contributed by atoms with Crippen molar-refractivity contribution >= 4 is 23.5 Å². The molecule has 0 aliphatic carbocycles. The number of ketones is 1. The minimum Gasteiger partial charge on any atom is -0.711 e. The van der Waals surface area contributed by atoms with Crippen LogP contribution < -0.4 is 9.63 Å². The van der Waals surface area contributed by atoms with E-state index in [0.717, 1.165) is 10.5 Å². The lowest BCUT2D eigenvalue weighted by Crippen LogP contribution is -2.43. The molecule has 2 fully saturated rings. The standard InChI is InChI=1S/C14H15N3O4.CH4/c1-8-5-9(2)12(16(21)7-8)17-13(19)11-6-10(18)3-4-15(11)14(17)20;/h5,7,11H,3-4,6H2,1-2H3;1H4. The molecule has 0 saturated carbocycles. The number of urea groups is 1. The molecule has 7 nitrogen and oxygen atoms in total. The molecule has 0 radical (unpaired) electrons. The van der Waals surface area contributed by atoms with Crippen molar-refractivity contribution in [3.63, 3.8) is 0 Å². The summed E-state index contributed by atoms with van der Waals surface area (Å²) in [5.41, 5.74) is 1.30. The predicted molar refractivity (Wildman–Crippen MR) is 79.2 cm³/mol. The van der Waals surface area contributed by atoms with Crippen LogP contribution in [0.15, 0.2) is 12.3 Å². The van der Waals surface area contributed by atoms with Crippen molar-refractivity contribution in [2.75, 3.05) is 11.4 Å². The zero-order valence-electron chi connectivity index (χ0n) is 11.8. The number of Topliss-reactive ketones (excluding diaryl/α,β-unsaturated/α-hetero) is 1. The topological polar surface area (TPSA) is 84.6 Å². The zero-order valence-corrected chi connectivity index (χ0v) is 11.8. The molecule has 118 valence electrons. The summed E-state index contributed by atoms with van der Waals surface area (Å²) < 4.78 is 0.542. The van der Waals surface area contributed by atoms with E-state index in [1.165, 1.54) is 11.1 Å². The third-order valence-electron chi connectivity index (χ3n) is 3.91. The lowest BCUT2D eigenvalue weighted by Gasteiger charge is -2.23. The van der Waals surface area contributed by atoms with Crippen molar-refractivity contribution in [2.45, 2.75) is 40.2 Å². The van der Waals surface area contributed by atoms with Gasteiger partial charge in [0.15, 0.2) is 0 Å². The zero-order chi connectivity index (χ0) is 15.3. The first kappa shape index (κ1) is 15.9. The number of carbonyl (C=O) groups is 3. The van der Waals surface area contributed by atoms with Crippen LogP contribution in [-0.2, 0) is 9.59 Å². The minimum atomic E-state index is -0.764. The first-order valence-corrected chi connectivity index (χ1v) is 6.77. The lowest BCUT2D eigenvalue weighted by atomic mass is 10.0.